The number of hydrogen-bond acceptors (Lipinski definition) is 1. The van der Waals surface area contributed by atoms with E-state index >= 15 is 0 Å². The van der Waals surface area contributed by atoms with Crippen molar-refractivity contribution in [1.29, 1.82) is 0 Å². The van der Waals surface area contributed by atoms with E-state index in [1.54, 1.807) is 13.0 Å². The minimum absolute atomic E-state index is 0.0509. The molecule has 0 aliphatic rings. The molecule has 9 heavy (non-hydrogen) atoms. The van der Waals surface area contributed by atoms with Crippen molar-refractivity contribution in [1.82, 2.24) is 0 Å². The number of halogens is 2. The molecule has 0 saturated heterocycles. The van der Waals surface area contributed by atoms with Crippen LogP contribution in [0.2, 0.25) is 0 Å². The van der Waals surface area contributed by atoms with Gasteiger partial charge in [-0.1, -0.05) is 13.0 Å². The third-order valence-electron chi connectivity index (χ3n) is 1.17. The molecule has 3 heteroatoms. The van der Waals surface area contributed by atoms with E-state index in [1.165, 1.54) is 0 Å². The second-order valence-corrected chi connectivity index (χ2v) is 3.08. The minimum Gasteiger partial charge on any atom is -0.390 e. The van der Waals surface area contributed by atoms with Gasteiger partial charge in [-0.25, -0.2) is 0 Å². The van der Waals surface area contributed by atoms with Crippen LogP contribution in [0.3, 0.4) is 0 Å². The molecule has 0 radical (unpaired) electrons. The number of rotatable bonds is 3. The molecule has 54 valence electrons. The first kappa shape index (κ1) is 9.28. The molecular weight excluding hydrogens is 159 g/mol. The highest BCUT2D eigenvalue weighted by atomic mass is 35.5. The zero-order chi connectivity index (χ0) is 7.44. The van der Waals surface area contributed by atoms with Gasteiger partial charge in [-0.05, 0) is 0 Å². The summed E-state index contributed by atoms with van der Waals surface area (Å²) in [6.07, 6.45) is 0.911. The van der Waals surface area contributed by atoms with Crippen molar-refractivity contribution in [2.24, 2.45) is 5.92 Å². The number of aliphatic hydroxyl groups excluding tert-OH is 1. The fraction of sp³-hybridized carbons (Fsp3) is 0.667. The Kier molecular flexibility index (Phi) is 4.28. The van der Waals surface area contributed by atoms with Gasteiger partial charge in [0.25, 0.3) is 0 Å². The number of hydrogen-bond donors (Lipinski definition) is 1. The van der Waals surface area contributed by atoms with Crippen molar-refractivity contribution in [3.63, 3.8) is 0 Å². The lowest BCUT2D eigenvalue weighted by atomic mass is 10.1. The van der Waals surface area contributed by atoms with Crippen LogP contribution in [0.4, 0.5) is 0 Å². The second-order valence-electron chi connectivity index (χ2n) is 1.92. The first-order valence-electron chi connectivity index (χ1n) is 2.68. The summed E-state index contributed by atoms with van der Waals surface area (Å²) in [5, 5.41) is 9.06. The molecule has 1 nitrogen and oxygen atoms in total. The molecule has 0 fully saturated rings. The molecule has 0 aromatic heterocycles. The molecular formula is C6H10Cl2O. The van der Waals surface area contributed by atoms with Gasteiger partial charge >= 0.3 is 0 Å². The van der Waals surface area contributed by atoms with Gasteiger partial charge in [0, 0.05) is 5.92 Å². The monoisotopic (exact) mass is 168 g/mol. The van der Waals surface area contributed by atoms with Crippen molar-refractivity contribution in [3.05, 3.63) is 12.7 Å². The highest BCUT2D eigenvalue weighted by Gasteiger charge is 2.17. The Balaban J connectivity index is 3.71. The smallest absolute Gasteiger partial charge is 0.134 e. The van der Waals surface area contributed by atoms with Gasteiger partial charge < -0.3 is 5.11 Å². The molecule has 0 amide bonds. The average Bonchev–Trinajstić information content (AvgIpc) is 1.84. The summed E-state index contributed by atoms with van der Waals surface area (Å²) in [4.78, 5) is -0.724. The maximum Gasteiger partial charge on any atom is 0.134 e. The summed E-state index contributed by atoms with van der Waals surface area (Å²) in [7, 11) is 0. The van der Waals surface area contributed by atoms with E-state index in [4.69, 9.17) is 28.3 Å². The Labute approximate surface area is 65.3 Å². The fourth-order valence-electron chi connectivity index (χ4n) is 0.369. The molecule has 0 aromatic rings. The maximum atomic E-state index is 9.06. The summed E-state index contributed by atoms with van der Waals surface area (Å²) < 4.78 is 0. The van der Waals surface area contributed by atoms with Gasteiger partial charge in [-0.15, -0.1) is 29.8 Å². The van der Waals surface area contributed by atoms with Crippen molar-refractivity contribution in [3.8, 4) is 0 Å². The number of alkyl halides is 2. The van der Waals surface area contributed by atoms with Gasteiger partial charge in [-0.3, -0.25) is 0 Å². The van der Waals surface area contributed by atoms with E-state index in [0.717, 1.165) is 0 Å². The molecule has 2 atom stereocenters. The van der Waals surface area contributed by atoms with E-state index < -0.39 is 10.9 Å². The Morgan fingerprint density at radius 3 is 2.11 bits per heavy atom. The summed E-state index contributed by atoms with van der Waals surface area (Å²) in [5.74, 6) is -0.0509. The van der Waals surface area contributed by atoms with Crippen LogP contribution < -0.4 is 0 Å². The van der Waals surface area contributed by atoms with E-state index in [0.29, 0.717) is 0 Å². The lowest BCUT2D eigenvalue weighted by Crippen LogP contribution is -2.22. The van der Waals surface area contributed by atoms with Crippen LogP contribution in [-0.4, -0.2) is 16.0 Å². The minimum atomic E-state index is -0.724. The van der Waals surface area contributed by atoms with Gasteiger partial charge in [0.1, 0.15) is 4.84 Å². The van der Waals surface area contributed by atoms with Crippen molar-refractivity contribution in [2.75, 3.05) is 0 Å². The highest BCUT2D eigenvalue weighted by Crippen LogP contribution is 2.15. The molecule has 0 heterocycles. The Morgan fingerprint density at radius 1 is 1.56 bits per heavy atom. The predicted octanol–water partition coefficient (Wildman–Crippen LogP) is 1.97. The third kappa shape index (κ3) is 3.09. The molecule has 0 aliphatic carbocycles. The zero-order valence-corrected chi connectivity index (χ0v) is 6.73. The van der Waals surface area contributed by atoms with Gasteiger partial charge in [0.05, 0.1) is 6.10 Å². The third-order valence-corrected chi connectivity index (χ3v) is 1.68. The van der Waals surface area contributed by atoms with Crippen LogP contribution in [0.15, 0.2) is 12.7 Å². The standard InChI is InChI=1S/C6H10Cl2O/c1-3-4(2)5(9)6(7)8/h3-6,9H,1H2,2H3/t4-,5+/m1/s1. The zero-order valence-electron chi connectivity index (χ0n) is 5.22. The van der Waals surface area contributed by atoms with Crippen LogP contribution in [0.5, 0.6) is 0 Å². The molecule has 0 spiro atoms. The van der Waals surface area contributed by atoms with Crippen molar-refractivity contribution < 1.29 is 5.11 Å². The summed E-state index contributed by atoms with van der Waals surface area (Å²) >= 11 is 10.7. The van der Waals surface area contributed by atoms with Gasteiger partial charge in [0.2, 0.25) is 0 Å². The summed E-state index contributed by atoms with van der Waals surface area (Å²) in [6.45, 7) is 5.29. The average molecular weight is 169 g/mol. The molecule has 0 saturated carbocycles. The van der Waals surface area contributed by atoms with E-state index in [1.807, 2.05) is 0 Å². The van der Waals surface area contributed by atoms with Gasteiger partial charge in [0.15, 0.2) is 0 Å². The van der Waals surface area contributed by atoms with E-state index in [9.17, 15) is 0 Å². The van der Waals surface area contributed by atoms with Gasteiger partial charge in [-0.2, -0.15) is 0 Å². The van der Waals surface area contributed by atoms with Crippen LogP contribution in [0, 0.1) is 5.92 Å². The molecule has 0 unspecified atom stereocenters. The predicted molar refractivity (Wildman–Crippen MR) is 40.9 cm³/mol. The normalized spacial score (nSPS) is 17.4. The van der Waals surface area contributed by atoms with Crippen LogP contribution in [-0.2, 0) is 0 Å². The quantitative estimate of drug-likeness (QED) is 0.505. The van der Waals surface area contributed by atoms with Crippen molar-refractivity contribution >= 4 is 23.2 Å². The SMILES string of the molecule is C=C[C@@H](C)[C@H](O)C(Cl)Cl. The second kappa shape index (κ2) is 4.15. The lowest BCUT2D eigenvalue weighted by molar-refractivity contribution is 0.151. The molecule has 0 aliphatic heterocycles. The summed E-state index contributed by atoms with van der Waals surface area (Å²) in [6, 6.07) is 0. The fourth-order valence-corrected chi connectivity index (χ4v) is 0.828. The molecule has 0 bridgehead atoms. The van der Waals surface area contributed by atoms with Crippen molar-refractivity contribution in [2.45, 2.75) is 17.9 Å². The Hall–Kier alpha value is 0.280. The maximum absolute atomic E-state index is 9.06. The first-order chi connectivity index (χ1) is 4.09. The van der Waals surface area contributed by atoms with Crippen LogP contribution in [0.25, 0.3) is 0 Å². The molecule has 1 N–H and O–H groups in total. The largest absolute Gasteiger partial charge is 0.390 e. The Morgan fingerprint density at radius 2 is 2.00 bits per heavy atom. The molecule has 0 aromatic carbocycles. The number of aliphatic hydroxyl groups is 1. The first-order valence-corrected chi connectivity index (χ1v) is 3.55. The highest BCUT2D eigenvalue weighted by molar-refractivity contribution is 6.44. The Bertz CT molecular complexity index is 93.1. The summed E-state index contributed by atoms with van der Waals surface area (Å²) in [5.41, 5.74) is 0. The molecule has 0 rings (SSSR count). The van der Waals surface area contributed by atoms with Crippen LogP contribution >= 0.6 is 23.2 Å². The topological polar surface area (TPSA) is 20.2 Å². The van der Waals surface area contributed by atoms with E-state index in [-0.39, 0.29) is 5.92 Å². The lowest BCUT2D eigenvalue weighted by Gasteiger charge is -2.14. The van der Waals surface area contributed by atoms with E-state index in [2.05, 4.69) is 6.58 Å². The van der Waals surface area contributed by atoms with Crippen LogP contribution in [0.1, 0.15) is 6.92 Å².